The molecule has 2 aromatic heterocycles. The standard InChI is InChI=1S/C23H25ClFN5/c1-15-7-8-26-22(10-15)29-23-12-21(27-16(2)28-23)18-4-3-9-30(14-18)13-17-5-6-19(25)11-20(17)24/h5-8,10-12,18H,3-4,9,13-14H2,1-2H3,(H,26,27,28,29). The van der Waals surface area contributed by atoms with Gasteiger partial charge in [-0.3, -0.25) is 4.90 Å². The summed E-state index contributed by atoms with van der Waals surface area (Å²) in [4.78, 5) is 16.0. The van der Waals surface area contributed by atoms with E-state index in [-0.39, 0.29) is 5.82 Å². The van der Waals surface area contributed by atoms with Gasteiger partial charge in [-0.05, 0) is 68.6 Å². The quantitative estimate of drug-likeness (QED) is 0.592. The Balaban J connectivity index is 1.49. The smallest absolute Gasteiger partial charge is 0.135 e. The largest absolute Gasteiger partial charge is 0.325 e. The lowest BCUT2D eigenvalue weighted by molar-refractivity contribution is 0.198. The molecule has 1 aliphatic heterocycles. The van der Waals surface area contributed by atoms with E-state index in [4.69, 9.17) is 16.6 Å². The first-order valence-electron chi connectivity index (χ1n) is 10.2. The van der Waals surface area contributed by atoms with Gasteiger partial charge in [0.25, 0.3) is 0 Å². The van der Waals surface area contributed by atoms with Crippen molar-refractivity contribution in [1.29, 1.82) is 0 Å². The van der Waals surface area contributed by atoms with E-state index in [0.717, 1.165) is 60.2 Å². The van der Waals surface area contributed by atoms with Crippen LogP contribution in [0.15, 0.2) is 42.6 Å². The fourth-order valence-electron chi connectivity index (χ4n) is 3.93. The molecule has 0 bridgehead atoms. The Hall–Kier alpha value is -2.57. The van der Waals surface area contributed by atoms with Crippen molar-refractivity contribution in [2.75, 3.05) is 18.4 Å². The summed E-state index contributed by atoms with van der Waals surface area (Å²) in [6.07, 6.45) is 3.94. The first-order valence-corrected chi connectivity index (χ1v) is 10.6. The summed E-state index contributed by atoms with van der Waals surface area (Å²) < 4.78 is 13.3. The number of benzene rings is 1. The van der Waals surface area contributed by atoms with Gasteiger partial charge in [-0.15, -0.1) is 0 Å². The van der Waals surface area contributed by atoms with Gasteiger partial charge in [-0.1, -0.05) is 17.7 Å². The highest BCUT2D eigenvalue weighted by Crippen LogP contribution is 2.29. The zero-order valence-electron chi connectivity index (χ0n) is 17.2. The minimum Gasteiger partial charge on any atom is -0.325 e. The molecule has 1 saturated heterocycles. The van der Waals surface area contributed by atoms with Crippen LogP contribution in [0.5, 0.6) is 0 Å². The van der Waals surface area contributed by atoms with Crippen molar-refractivity contribution in [3.05, 3.63) is 76.1 Å². The van der Waals surface area contributed by atoms with Crippen LogP contribution < -0.4 is 5.32 Å². The van der Waals surface area contributed by atoms with Crippen molar-refractivity contribution in [3.8, 4) is 0 Å². The van der Waals surface area contributed by atoms with E-state index in [1.165, 1.54) is 12.1 Å². The summed E-state index contributed by atoms with van der Waals surface area (Å²) in [7, 11) is 0. The van der Waals surface area contributed by atoms with Crippen molar-refractivity contribution < 1.29 is 4.39 Å². The number of piperidine rings is 1. The third-order valence-corrected chi connectivity index (χ3v) is 5.71. The fraction of sp³-hybridized carbons (Fsp3) is 0.348. The predicted octanol–water partition coefficient (Wildman–Crippen LogP) is 5.40. The van der Waals surface area contributed by atoms with Crippen LogP contribution in [-0.4, -0.2) is 32.9 Å². The van der Waals surface area contributed by atoms with Crippen molar-refractivity contribution >= 4 is 23.2 Å². The number of aryl methyl sites for hydroxylation is 2. The zero-order valence-corrected chi connectivity index (χ0v) is 18.0. The van der Waals surface area contributed by atoms with Gasteiger partial charge in [-0.2, -0.15) is 0 Å². The van der Waals surface area contributed by atoms with Crippen molar-refractivity contribution in [1.82, 2.24) is 19.9 Å². The van der Waals surface area contributed by atoms with Crippen molar-refractivity contribution in [3.63, 3.8) is 0 Å². The monoisotopic (exact) mass is 425 g/mol. The maximum atomic E-state index is 13.3. The molecule has 4 rings (SSSR count). The third kappa shape index (κ3) is 5.12. The molecule has 0 radical (unpaired) electrons. The summed E-state index contributed by atoms with van der Waals surface area (Å²) in [5.41, 5.74) is 3.12. The Morgan fingerprint density at radius 2 is 2.00 bits per heavy atom. The minimum atomic E-state index is -0.306. The molecule has 3 aromatic rings. The van der Waals surface area contributed by atoms with E-state index in [1.54, 1.807) is 12.3 Å². The lowest BCUT2D eigenvalue weighted by Crippen LogP contribution is -2.34. The summed E-state index contributed by atoms with van der Waals surface area (Å²) in [6, 6.07) is 10.6. The van der Waals surface area contributed by atoms with Crippen LogP contribution in [0.1, 0.15) is 41.4 Å². The van der Waals surface area contributed by atoms with Crippen LogP contribution in [0.3, 0.4) is 0 Å². The molecule has 0 saturated carbocycles. The van der Waals surface area contributed by atoms with Gasteiger partial charge in [0.15, 0.2) is 0 Å². The van der Waals surface area contributed by atoms with Crippen LogP contribution >= 0.6 is 11.6 Å². The van der Waals surface area contributed by atoms with E-state index in [9.17, 15) is 4.39 Å². The molecule has 3 heterocycles. The molecule has 5 nitrogen and oxygen atoms in total. The fourth-order valence-corrected chi connectivity index (χ4v) is 4.16. The maximum Gasteiger partial charge on any atom is 0.135 e. The SMILES string of the molecule is Cc1ccnc(Nc2cc(C3CCCN(Cc4ccc(F)cc4Cl)C3)nc(C)n2)c1. The summed E-state index contributed by atoms with van der Waals surface area (Å²) >= 11 is 6.23. The lowest BCUT2D eigenvalue weighted by atomic mass is 9.94. The summed E-state index contributed by atoms with van der Waals surface area (Å²) in [5.74, 6) is 2.27. The van der Waals surface area contributed by atoms with Crippen LogP contribution in [-0.2, 0) is 6.54 Å². The number of hydrogen-bond donors (Lipinski definition) is 1. The molecule has 1 N–H and O–H groups in total. The number of nitrogens with one attached hydrogen (secondary N) is 1. The van der Waals surface area contributed by atoms with E-state index in [2.05, 4.69) is 20.2 Å². The molecule has 7 heteroatoms. The van der Waals surface area contributed by atoms with Crippen LogP contribution in [0.25, 0.3) is 0 Å². The Morgan fingerprint density at radius 1 is 1.13 bits per heavy atom. The second-order valence-corrected chi connectivity index (χ2v) is 8.29. The zero-order chi connectivity index (χ0) is 21.1. The molecule has 156 valence electrons. The van der Waals surface area contributed by atoms with Gasteiger partial charge in [-0.25, -0.2) is 19.3 Å². The first-order chi connectivity index (χ1) is 14.5. The normalized spacial score (nSPS) is 17.1. The molecule has 0 amide bonds. The number of rotatable bonds is 5. The van der Waals surface area contributed by atoms with Crippen molar-refractivity contribution in [2.24, 2.45) is 0 Å². The average Bonchev–Trinajstić information content (AvgIpc) is 2.70. The molecule has 1 fully saturated rings. The van der Waals surface area contributed by atoms with E-state index in [1.807, 2.05) is 32.0 Å². The summed E-state index contributed by atoms with van der Waals surface area (Å²) in [6.45, 7) is 6.53. The molecule has 30 heavy (non-hydrogen) atoms. The number of anilines is 2. The highest BCUT2D eigenvalue weighted by molar-refractivity contribution is 6.31. The number of pyridine rings is 1. The molecule has 1 atom stereocenters. The predicted molar refractivity (Wildman–Crippen MR) is 118 cm³/mol. The van der Waals surface area contributed by atoms with Crippen molar-refractivity contribution in [2.45, 2.75) is 39.2 Å². The van der Waals surface area contributed by atoms with Gasteiger partial charge in [0.05, 0.1) is 5.69 Å². The van der Waals surface area contributed by atoms with Gasteiger partial charge >= 0.3 is 0 Å². The highest BCUT2D eigenvalue weighted by atomic mass is 35.5. The average molecular weight is 426 g/mol. The first kappa shape index (κ1) is 20.7. The maximum absolute atomic E-state index is 13.3. The number of likely N-dealkylation sites (tertiary alicyclic amines) is 1. The van der Waals surface area contributed by atoms with Gasteiger partial charge in [0.1, 0.15) is 23.3 Å². The molecule has 1 aliphatic rings. The van der Waals surface area contributed by atoms with E-state index < -0.39 is 0 Å². The topological polar surface area (TPSA) is 53.9 Å². The third-order valence-electron chi connectivity index (χ3n) is 5.36. The number of nitrogens with zero attached hydrogens (tertiary/aromatic N) is 4. The van der Waals surface area contributed by atoms with Crippen LogP contribution in [0.2, 0.25) is 5.02 Å². The number of hydrogen-bond acceptors (Lipinski definition) is 5. The number of halogens is 2. The van der Waals surface area contributed by atoms with E-state index >= 15 is 0 Å². The van der Waals surface area contributed by atoms with Gasteiger partial charge in [0, 0.05) is 36.3 Å². The van der Waals surface area contributed by atoms with Crippen LogP contribution in [0, 0.1) is 19.7 Å². The summed E-state index contributed by atoms with van der Waals surface area (Å²) in [5, 5.41) is 3.78. The second-order valence-electron chi connectivity index (χ2n) is 7.88. The molecule has 1 unspecified atom stereocenters. The molecular formula is C23H25ClFN5. The number of aromatic nitrogens is 3. The Labute approximate surface area is 181 Å². The van der Waals surface area contributed by atoms with E-state index in [0.29, 0.717) is 17.5 Å². The molecule has 0 spiro atoms. The molecular weight excluding hydrogens is 401 g/mol. The Bertz CT molecular complexity index is 1040. The Morgan fingerprint density at radius 3 is 2.80 bits per heavy atom. The minimum absolute atomic E-state index is 0.306. The van der Waals surface area contributed by atoms with Gasteiger partial charge < -0.3 is 5.32 Å². The Kier molecular flexibility index (Phi) is 6.25. The molecule has 0 aliphatic carbocycles. The highest BCUT2D eigenvalue weighted by Gasteiger charge is 2.24. The van der Waals surface area contributed by atoms with Gasteiger partial charge in [0.2, 0.25) is 0 Å². The van der Waals surface area contributed by atoms with Crippen LogP contribution in [0.4, 0.5) is 16.0 Å². The second kappa shape index (κ2) is 9.06. The lowest BCUT2D eigenvalue weighted by Gasteiger charge is -2.32. The molecule has 1 aromatic carbocycles.